The van der Waals surface area contributed by atoms with Crippen LogP contribution in [0.5, 0.6) is 0 Å². The molecule has 76 valence electrons. The lowest BCUT2D eigenvalue weighted by atomic mass is 10.0. The molecule has 1 N–H and O–H groups in total. The predicted octanol–water partition coefficient (Wildman–Crippen LogP) is 1.80. The number of hydrogen-bond donors (Lipinski definition) is 1. The van der Waals surface area contributed by atoms with Crippen LogP contribution in [0.3, 0.4) is 0 Å². The first-order chi connectivity index (χ1) is 6.27. The summed E-state index contributed by atoms with van der Waals surface area (Å²) >= 11 is 0. The molecular formula is C11H21NO. The summed E-state index contributed by atoms with van der Waals surface area (Å²) in [6.07, 6.45) is 4.48. The third kappa shape index (κ3) is 3.12. The van der Waals surface area contributed by atoms with E-state index in [0.717, 1.165) is 19.4 Å². The van der Waals surface area contributed by atoms with E-state index in [1.807, 2.05) is 0 Å². The number of likely N-dealkylation sites (tertiary alicyclic amines) is 1. The Balaban J connectivity index is 2.30. The highest BCUT2D eigenvalue weighted by molar-refractivity contribution is 4.99. The molecule has 1 aliphatic rings. The highest BCUT2D eigenvalue weighted by Gasteiger charge is 2.22. The first-order valence-electron chi connectivity index (χ1n) is 5.29. The predicted molar refractivity (Wildman–Crippen MR) is 55.7 cm³/mol. The molecule has 13 heavy (non-hydrogen) atoms. The number of aliphatic hydroxyl groups excluding tert-OH is 1. The molecule has 1 saturated heterocycles. The Morgan fingerprint density at radius 2 is 2.38 bits per heavy atom. The van der Waals surface area contributed by atoms with Crippen LogP contribution >= 0.6 is 0 Å². The third-order valence-corrected chi connectivity index (χ3v) is 2.89. The van der Waals surface area contributed by atoms with Crippen molar-refractivity contribution in [1.29, 1.82) is 0 Å². The summed E-state index contributed by atoms with van der Waals surface area (Å²) in [5.74, 6) is 0. The molecule has 0 spiro atoms. The van der Waals surface area contributed by atoms with Crippen molar-refractivity contribution in [2.45, 2.75) is 38.6 Å². The Bertz CT molecular complexity index is 167. The Labute approximate surface area is 81.2 Å². The van der Waals surface area contributed by atoms with E-state index in [1.165, 1.54) is 25.0 Å². The number of rotatable bonds is 5. The molecule has 1 atom stereocenters. The molecular weight excluding hydrogens is 162 g/mol. The monoisotopic (exact) mass is 183 g/mol. The standard InChI is InChI=1S/C11H21NO/c1-3-12-7-4-5-11(12)9-10(2)6-8-13/h11,13H,2-9H2,1H3. The number of hydrogen-bond acceptors (Lipinski definition) is 2. The molecule has 2 heteroatoms. The maximum atomic E-state index is 8.76. The molecule has 0 saturated carbocycles. The quantitative estimate of drug-likeness (QED) is 0.657. The van der Waals surface area contributed by atoms with Crippen molar-refractivity contribution in [2.24, 2.45) is 0 Å². The van der Waals surface area contributed by atoms with Crippen LogP contribution in [0.25, 0.3) is 0 Å². The molecule has 0 bridgehead atoms. The maximum absolute atomic E-state index is 8.76. The van der Waals surface area contributed by atoms with Crippen LogP contribution in [0.4, 0.5) is 0 Å². The van der Waals surface area contributed by atoms with Gasteiger partial charge < -0.3 is 10.0 Å². The summed E-state index contributed by atoms with van der Waals surface area (Å²) in [7, 11) is 0. The number of nitrogens with zero attached hydrogens (tertiary/aromatic N) is 1. The van der Waals surface area contributed by atoms with Crippen LogP contribution in [-0.2, 0) is 0 Å². The second-order valence-electron chi connectivity index (χ2n) is 3.85. The topological polar surface area (TPSA) is 23.5 Å². The molecule has 0 radical (unpaired) electrons. The van der Waals surface area contributed by atoms with E-state index in [-0.39, 0.29) is 6.61 Å². The number of aliphatic hydroxyl groups is 1. The van der Waals surface area contributed by atoms with Crippen LogP contribution in [0, 0.1) is 0 Å². The summed E-state index contributed by atoms with van der Waals surface area (Å²) in [5.41, 5.74) is 1.20. The fourth-order valence-corrected chi connectivity index (χ4v) is 2.14. The lowest BCUT2D eigenvalue weighted by Crippen LogP contribution is -2.29. The average molecular weight is 183 g/mol. The van der Waals surface area contributed by atoms with Gasteiger partial charge in [-0.05, 0) is 38.8 Å². The molecule has 1 heterocycles. The van der Waals surface area contributed by atoms with Gasteiger partial charge in [0.25, 0.3) is 0 Å². The Hall–Kier alpha value is -0.340. The van der Waals surface area contributed by atoms with E-state index in [9.17, 15) is 0 Å². The zero-order valence-electron chi connectivity index (χ0n) is 8.63. The summed E-state index contributed by atoms with van der Waals surface area (Å²) in [5, 5.41) is 8.76. The second-order valence-corrected chi connectivity index (χ2v) is 3.85. The fourth-order valence-electron chi connectivity index (χ4n) is 2.14. The van der Waals surface area contributed by atoms with Gasteiger partial charge in [0.05, 0.1) is 0 Å². The van der Waals surface area contributed by atoms with Crippen molar-refractivity contribution in [3.8, 4) is 0 Å². The zero-order valence-corrected chi connectivity index (χ0v) is 8.63. The summed E-state index contributed by atoms with van der Waals surface area (Å²) in [6.45, 7) is 8.85. The molecule has 2 nitrogen and oxygen atoms in total. The van der Waals surface area contributed by atoms with E-state index < -0.39 is 0 Å². The van der Waals surface area contributed by atoms with Crippen molar-refractivity contribution in [3.63, 3.8) is 0 Å². The normalized spacial score (nSPS) is 23.7. The largest absolute Gasteiger partial charge is 0.396 e. The highest BCUT2D eigenvalue weighted by Crippen LogP contribution is 2.23. The van der Waals surface area contributed by atoms with E-state index in [1.54, 1.807) is 0 Å². The van der Waals surface area contributed by atoms with Gasteiger partial charge >= 0.3 is 0 Å². The molecule has 0 aromatic heterocycles. The van der Waals surface area contributed by atoms with Crippen LogP contribution in [0.15, 0.2) is 12.2 Å². The Morgan fingerprint density at radius 1 is 1.62 bits per heavy atom. The smallest absolute Gasteiger partial charge is 0.0468 e. The third-order valence-electron chi connectivity index (χ3n) is 2.89. The second kappa shape index (κ2) is 5.40. The molecule has 1 rings (SSSR count). The maximum Gasteiger partial charge on any atom is 0.0468 e. The highest BCUT2D eigenvalue weighted by atomic mass is 16.2. The van der Waals surface area contributed by atoms with Crippen LogP contribution in [0.2, 0.25) is 0 Å². The van der Waals surface area contributed by atoms with Gasteiger partial charge in [0.2, 0.25) is 0 Å². The zero-order chi connectivity index (χ0) is 9.68. The van der Waals surface area contributed by atoms with Gasteiger partial charge in [-0.1, -0.05) is 19.1 Å². The van der Waals surface area contributed by atoms with Gasteiger partial charge in [-0.25, -0.2) is 0 Å². The minimum Gasteiger partial charge on any atom is -0.396 e. The summed E-state index contributed by atoms with van der Waals surface area (Å²) in [6, 6.07) is 0.698. The van der Waals surface area contributed by atoms with Crippen LogP contribution < -0.4 is 0 Å². The van der Waals surface area contributed by atoms with E-state index in [0.29, 0.717) is 6.04 Å². The fraction of sp³-hybridized carbons (Fsp3) is 0.818. The van der Waals surface area contributed by atoms with Gasteiger partial charge in [0, 0.05) is 12.6 Å². The summed E-state index contributed by atoms with van der Waals surface area (Å²) in [4.78, 5) is 2.52. The molecule has 1 unspecified atom stereocenters. The lowest BCUT2D eigenvalue weighted by Gasteiger charge is -2.23. The van der Waals surface area contributed by atoms with E-state index in [2.05, 4.69) is 18.4 Å². The van der Waals surface area contributed by atoms with Crippen molar-refractivity contribution in [1.82, 2.24) is 4.90 Å². The van der Waals surface area contributed by atoms with Crippen LogP contribution in [0.1, 0.15) is 32.6 Å². The molecule has 1 aliphatic heterocycles. The van der Waals surface area contributed by atoms with Crippen molar-refractivity contribution < 1.29 is 5.11 Å². The minimum absolute atomic E-state index is 0.248. The van der Waals surface area contributed by atoms with Crippen molar-refractivity contribution in [2.75, 3.05) is 19.7 Å². The molecule has 0 aliphatic carbocycles. The lowest BCUT2D eigenvalue weighted by molar-refractivity contribution is 0.258. The van der Waals surface area contributed by atoms with Gasteiger partial charge in [0.15, 0.2) is 0 Å². The van der Waals surface area contributed by atoms with Gasteiger partial charge in [-0.15, -0.1) is 0 Å². The Morgan fingerprint density at radius 3 is 3.00 bits per heavy atom. The summed E-state index contributed by atoms with van der Waals surface area (Å²) < 4.78 is 0. The average Bonchev–Trinajstić information content (AvgIpc) is 2.52. The first kappa shape index (κ1) is 10.7. The molecule has 0 aromatic carbocycles. The van der Waals surface area contributed by atoms with Crippen molar-refractivity contribution in [3.05, 3.63) is 12.2 Å². The first-order valence-corrected chi connectivity index (χ1v) is 5.29. The van der Waals surface area contributed by atoms with Crippen molar-refractivity contribution >= 4 is 0 Å². The molecule has 0 amide bonds. The van der Waals surface area contributed by atoms with Gasteiger partial charge in [0.1, 0.15) is 0 Å². The van der Waals surface area contributed by atoms with Gasteiger partial charge in [-0.3, -0.25) is 0 Å². The SMILES string of the molecule is C=C(CCO)CC1CCCN1CC. The molecule has 0 aromatic rings. The van der Waals surface area contributed by atoms with E-state index >= 15 is 0 Å². The van der Waals surface area contributed by atoms with Gasteiger partial charge in [-0.2, -0.15) is 0 Å². The van der Waals surface area contributed by atoms with Crippen LogP contribution in [-0.4, -0.2) is 35.7 Å². The molecule has 1 fully saturated rings. The van der Waals surface area contributed by atoms with E-state index in [4.69, 9.17) is 5.11 Å². The minimum atomic E-state index is 0.248. The Kier molecular flexibility index (Phi) is 4.46.